The molecule has 0 saturated heterocycles. The Balaban J connectivity index is 2.48. The van der Waals surface area contributed by atoms with Crippen LogP contribution in [-0.4, -0.2) is 18.7 Å². The van der Waals surface area contributed by atoms with Crippen LogP contribution >= 0.6 is 0 Å². The van der Waals surface area contributed by atoms with E-state index in [0.29, 0.717) is 18.1 Å². The maximum atomic E-state index is 5.87. The molecule has 1 aliphatic rings. The van der Waals surface area contributed by atoms with Gasteiger partial charge in [-0.15, -0.1) is 0 Å². The van der Waals surface area contributed by atoms with Crippen molar-refractivity contribution in [3.05, 3.63) is 18.0 Å². The zero-order valence-corrected chi connectivity index (χ0v) is 7.49. The first kappa shape index (κ1) is 8.31. The van der Waals surface area contributed by atoms with Crippen LogP contribution < -0.4 is 15.2 Å². The highest BCUT2D eigenvalue weighted by Crippen LogP contribution is 2.36. The van der Waals surface area contributed by atoms with E-state index in [-0.39, 0.29) is 6.04 Å². The number of hydrogen-bond donors (Lipinski definition) is 1. The summed E-state index contributed by atoms with van der Waals surface area (Å²) in [6, 6.07) is 1.75. The first-order valence-corrected chi connectivity index (χ1v) is 4.24. The zero-order chi connectivity index (χ0) is 9.26. The second-order valence-electron chi connectivity index (χ2n) is 2.97. The topological polar surface area (TPSA) is 57.4 Å². The summed E-state index contributed by atoms with van der Waals surface area (Å²) in [6.45, 7) is 0.635. The SMILES string of the molecule is COc1ccnc2c1OCCC2N. The molecule has 1 unspecified atom stereocenters. The molecule has 70 valence electrons. The number of aromatic nitrogens is 1. The molecule has 2 N–H and O–H groups in total. The summed E-state index contributed by atoms with van der Waals surface area (Å²) in [5.74, 6) is 1.41. The molecule has 0 radical (unpaired) electrons. The molecule has 0 aliphatic carbocycles. The maximum Gasteiger partial charge on any atom is 0.184 e. The van der Waals surface area contributed by atoms with E-state index in [9.17, 15) is 0 Å². The number of rotatable bonds is 1. The molecule has 2 heterocycles. The van der Waals surface area contributed by atoms with Crippen LogP contribution in [0, 0.1) is 0 Å². The van der Waals surface area contributed by atoms with Gasteiger partial charge in [0.05, 0.1) is 19.8 Å². The van der Waals surface area contributed by atoms with Gasteiger partial charge < -0.3 is 15.2 Å². The fourth-order valence-corrected chi connectivity index (χ4v) is 1.44. The van der Waals surface area contributed by atoms with Crippen LogP contribution in [0.3, 0.4) is 0 Å². The van der Waals surface area contributed by atoms with Crippen molar-refractivity contribution in [1.29, 1.82) is 0 Å². The molecule has 0 spiro atoms. The maximum absolute atomic E-state index is 5.87. The lowest BCUT2D eigenvalue weighted by molar-refractivity contribution is 0.248. The Morgan fingerprint density at radius 3 is 3.31 bits per heavy atom. The van der Waals surface area contributed by atoms with Crippen LogP contribution in [0.4, 0.5) is 0 Å². The Hall–Kier alpha value is -1.29. The Labute approximate surface area is 76.7 Å². The first-order valence-electron chi connectivity index (χ1n) is 4.24. The average Bonchev–Trinajstić information content (AvgIpc) is 2.18. The third kappa shape index (κ3) is 1.33. The molecule has 1 atom stereocenters. The van der Waals surface area contributed by atoms with Gasteiger partial charge in [-0.3, -0.25) is 4.98 Å². The van der Waals surface area contributed by atoms with Gasteiger partial charge in [0.25, 0.3) is 0 Å². The average molecular weight is 180 g/mol. The van der Waals surface area contributed by atoms with Gasteiger partial charge >= 0.3 is 0 Å². The lowest BCUT2D eigenvalue weighted by Gasteiger charge is -2.22. The molecule has 0 fully saturated rings. The van der Waals surface area contributed by atoms with Crippen molar-refractivity contribution in [2.75, 3.05) is 13.7 Å². The minimum absolute atomic E-state index is 0.0288. The normalized spacial score (nSPS) is 20.3. The standard InChI is InChI=1S/C9H12N2O2/c1-12-7-2-4-11-8-6(10)3-5-13-9(7)8/h2,4,6H,3,5,10H2,1H3. The van der Waals surface area contributed by atoms with E-state index in [4.69, 9.17) is 15.2 Å². The Kier molecular flexibility index (Phi) is 2.06. The number of fused-ring (bicyclic) bond motifs is 1. The van der Waals surface area contributed by atoms with Crippen LogP contribution in [0.15, 0.2) is 12.3 Å². The van der Waals surface area contributed by atoms with Crippen molar-refractivity contribution in [2.45, 2.75) is 12.5 Å². The number of pyridine rings is 1. The lowest BCUT2D eigenvalue weighted by Crippen LogP contribution is -2.22. The Morgan fingerprint density at radius 2 is 2.54 bits per heavy atom. The van der Waals surface area contributed by atoms with Crippen LogP contribution in [0.25, 0.3) is 0 Å². The predicted octanol–water partition coefficient (Wildman–Crippen LogP) is 0.872. The minimum atomic E-state index is -0.0288. The van der Waals surface area contributed by atoms with E-state index in [2.05, 4.69) is 4.98 Å². The lowest BCUT2D eigenvalue weighted by atomic mass is 10.1. The highest BCUT2D eigenvalue weighted by Gasteiger charge is 2.22. The van der Waals surface area contributed by atoms with Crippen LogP contribution in [0.1, 0.15) is 18.2 Å². The minimum Gasteiger partial charge on any atom is -0.493 e. The van der Waals surface area contributed by atoms with Gasteiger partial charge in [-0.1, -0.05) is 0 Å². The Bertz CT molecular complexity index is 314. The van der Waals surface area contributed by atoms with Crippen molar-refractivity contribution in [3.8, 4) is 11.5 Å². The van der Waals surface area contributed by atoms with Crippen molar-refractivity contribution in [3.63, 3.8) is 0 Å². The monoisotopic (exact) mass is 180 g/mol. The number of ether oxygens (including phenoxy) is 2. The van der Waals surface area contributed by atoms with Gasteiger partial charge in [-0.05, 0) is 0 Å². The summed E-state index contributed by atoms with van der Waals surface area (Å²) in [6.07, 6.45) is 2.50. The number of methoxy groups -OCH3 is 1. The van der Waals surface area contributed by atoms with Crippen molar-refractivity contribution < 1.29 is 9.47 Å². The molecular formula is C9H12N2O2. The molecule has 1 aromatic heterocycles. The van der Waals surface area contributed by atoms with E-state index in [1.807, 2.05) is 0 Å². The summed E-state index contributed by atoms with van der Waals surface area (Å²) in [4.78, 5) is 4.18. The first-order chi connectivity index (χ1) is 6.33. The zero-order valence-electron chi connectivity index (χ0n) is 7.49. The quantitative estimate of drug-likeness (QED) is 0.696. The van der Waals surface area contributed by atoms with Gasteiger partial charge in [0.1, 0.15) is 5.69 Å². The second kappa shape index (κ2) is 3.22. The summed E-state index contributed by atoms with van der Waals surface area (Å²) >= 11 is 0. The molecular weight excluding hydrogens is 168 g/mol. The van der Waals surface area contributed by atoms with E-state index in [0.717, 1.165) is 12.1 Å². The van der Waals surface area contributed by atoms with Gasteiger partial charge in [-0.2, -0.15) is 0 Å². The molecule has 13 heavy (non-hydrogen) atoms. The molecule has 0 aromatic carbocycles. The molecule has 0 amide bonds. The molecule has 1 aromatic rings. The number of hydrogen-bond acceptors (Lipinski definition) is 4. The second-order valence-corrected chi connectivity index (χ2v) is 2.97. The molecule has 1 aliphatic heterocycles. The molecule has 2 rings (SSSR count). The highest BCUT2D eigenvalue weighted by atomic mass is 16.5. The Morgan fingerprint density at radius 1 is 1.69 bits per heavy atom. The van der Waals surface area contributed by atoms with E-state index in [1.165, 1.54) is 0 Å². The molecule has 4 heteroatoms. The van der Waals surface area contributed by atoms with Gasteiger partial charge in [0.2, 0.25) is 0 Å². The summed E-state index contributed by atoms with van der Waals surface area (Å²) in [5, 5.41) is 0. The van der Waals surface area contributed by atoms with E-state index < -0.39 is 0 Å². The third-order valence-corrected chi connectivity index (χ3v) is 2.14. The van der Waals surface area contributed by atoms with Crippen molar-refractivity contribution >= 4 is 0 Å². The van der Waals surface area contributed by atoms with Gasteiger partial charge in [-0.25, -0.2) is 0 Å². The van der Waals surface area contributed by atoms with Crippen molar-refractivity contribution in [2.24, 2.45) is 5.73 Å². The van der Waals surface area contributed by atoms with Crippen LogP contribution in [-0.2, 0) is 0 Å². The fourth-order valence-electron chi connectivity index (χ4n) is 1.44. The van der Waals surface area contributed by atoms with Crippen LogP contribution in [0.2, 0.25) is 0 Å². The molecule has 0 bridgehead atoms. The fraction of sp³-hybridized carbons (Fsp3) is 0.444. The largest absolute Gasteiger partial charge is 0.493 e. The number of nitrogens with zero attached hydrogens (tertiary/aromatic N) is 1. The number of nitrogens with two attached hydrogens (primary N) is 1. The third-order valence-electron chi connectivity index (χ3n) is 2.14. The van der Waals surface area contributed by atoms with Gasteiger partial charge in [0, 0.05) is 18.7 Å². The van der Waals surface area contributed by atoms with E-state index in [1.54, 1.807) is 19.4 Å². The highest BCUT2D eigenvalue weighted by molar-refractivity contribution is 5.44. The summed E-state index contributed by atoms with van der Waals surface area (Å²) in [5.41, 5.74) is 6.67. The van der Waals surface area contributed by atoms with Crippen LogP contribution in [0.5, 0.6) is 11.5 Å². The van der Waals surface area contributed by atoms with Crippen molar-refractivity contribution in [1.82, 2.24) is 4.98 Å². The summed E-state index contributed by atoms with van der Waals surface area (Å²) < 4.78 is 10.6. The smallest absolute Gasteiger partial charge is 0.184 e. The molecule has 4 nitrogen and oxygen atoms in total. The molecule has 0 saturated carbocycles. The van der Waals surface area contributed by atoms with Gasteiger partial charge in [0.15, 0.2) is 11.5 Å². The summed E-state index contributed by atoms with van der Waals surface area (Å²) in [7, 11) is 1.61. The predicted molar refractivity (Wildman–Crippen MR) is 47.8 cm³/mol. The van der Waals surface area contributed by atoms with E-state index >= 15 is 0 Å².